The SMILES string of the molecule is Clc1ccc(CSc2c(Cl)ccc(CCc3ncc[nH]3)c2Cl)cc1. The molecule has 1 aromatic heterocycles. The highest BCUT2D eigenvalue weighted by Crippen LogP contribution is 2.38. The van der Waals surface area contributed by atoms with Crippen molar-refractivity contribution in [1.82, 2.24) is 9.97 Å². The van der Waals surface area contributed by atoms with Gasteiger partial charge in [0, 0.05) is 34.5 Å². The van der Waals surface area contributed by atoms with Crippen molar-refractivity contribution in [2.45, 2.75) is 23.5 Å². The molecule has 0 amide bonds. The van der Waals surface area contributed by atoms with E-state index >= 15 is 0 Å². The average molecular weight is 398 g/mol. The fourth-order valence-electron chi connectivity index (χ4n) is 2.32. The number of aromatic amines is 1. The number of imidazole rings is 1. The molecule has 0 spiro atoms. The van der Waals surface area contributed by atoms with Crippen molar-refractivity contribution in [3.05, 3.63) is 80.8 Å². The van der Waals surface area contributed by atoms with E-state index in [-0.39, 0.29) is 0 Å². The van der Waals surface area contributed by atoms with Gasteiger partial charge in [-0.25, -0.2) is 4.98 Å². The molecule has 0 unspecified atom stereocenters. The first-order valence-electron chi connectivity index (χ1n) is 7.46. The summed E-state index contributed by atoms with van der Waals surface area (Å²) in [6.07, 6.45) is 5.21. The number of rotatable bonds is 6. The number of nitrogens with one attached hydrogen (secondary N) is 1. The molecule has 1 heterocycles. The third-order valence-corrected chi connectivity index (χ3v) is 6.02. The summed E-state index contributed by atoms with van der Waals surface area (Å²) in [4.78, 5) is 8.27. The van der Waals surface area contributed by atoms with Gasteiger partial charge in [-0.1, -0.05) is 53.0 Å². The Morgan fingerprint density at radius 1 is 0.958 bits per heavy atom. The lowest BCUT2D eigenvalue weighted by Crippen LogP contribution is -1.95. The number of benzene rings is 2. The highest BCUT2D eigenvalue weighted by Gasteiger charge is 2.12. The Morgan fingerprint density at radius 3 is 2.46 bits per heavy atom. The first-order chi connectivity index (χ1) is 11.6. The maximum absolute atomic E-state index is 6.59. The van der Waals surface area contributed by atoms with E-state index in [1.54, 1.807) is 18.0 Å². The highest BCUT2D eigenvalue weighted by molar-refractivity contribution is 7.98. The number of hydrogen-bond acceptors (Lipinski definition) is 2. The molecular formula is C18H15Cl3N2S. The molecule has 0 saturated heterocycles. The van der Waals surface area contributed by atoms with E-state index in [2.05, 4.69) is 9.97 Å². The monoisotopic (exact) mass is 396 g/mol. The van der Waals surface area contributed by atoms with Gasteiger partial charge in [-0.2, -0.15) is 0 Å². The maximum Gasteiger partial charge on any atom is 0.106 e. The summed E-state index contributed by atoms with van der Waals surface area (Å²) in [6, 6.07) is 11.7. The van der Waals surface area contributed by atoms with Crippen molar-refractivity contribution < 1.29 is 0 Å². The lowest BCUT2D eigenvalue weighted by Gasteiger charge is -2.11. The zero-order valence-corrected chi connectivity index (χ0v) is 15.8. The third kappa shape index (κ3) is 4.48. The number of thioether (sulfide) groups is 1. The molecule has 0 radical (unpaired) electrons. The number of aryl methyl sites for hydroxylation is 2. The Hall–Kier alpha value is -1.13. The minimum atomic E-state index is 0.681. The topological polar surface area (TPSA) is 28.7 Å². The lowest BCUT2D eigenvalue weighted by atomic mass is 10.1. The Balaban J connectivity index is 1.72. The van der Waals surface area contributed by atoms with Crippen LogP contribution in [-0.2, 0) is 18.6 Å². The molecule has 1 N–H and O–H groups in total. The van der Waals surface area contributed by atoms with E-state index in [0.717, 1.165) is 44.9 Å². The van der Waals surface area contributed by atoms with Crippen molar-refractivity contribution in [2.24, 2.45) is 0 Å². The zero-order chi connectivity index (χ0) is 16.9. The third-order valence-electron chi connectivity index (χ3n) is 3.61. The maximum atomic E-state index is 6.59. The van der Waals surface area contributed by atoms with Gasteiger partial charge in [0.1, 0.15) is 5.82 Å². The van der Waals surface area contributed by atoms with Crippen molar-refractivity contribution >= 4 is 46.6 Å². The Labute approximate surface area is 160 Å². The molecule has 3 rings (SSSR count). The van der Waals surface area contributed by atoms with E-state index in [0.29, 0.717) is 5.02 Å². The minimum Gasteiger partial charge on any atom is -0.349 e. The number of nitrogens with zero attached hydrogens (tertiary/aromatic N) is 1. The van der Waals surface area contributed by atoms with Gasteiger partial charge >= 0.3 is 0 Å². The van der Waals surface area contributed by atoms with Crippen molar-refractivity contribution in [3.63, 3.8) is 0 Å². The van der Waals surface area contributed by atoms with Gasteiger partial charge in [0.2, 0.25) is 0 Å². The second-order valence-electron chi connectivity index (χ2n) is 5.30. The van der Waals surface area contributed by atoms with E-state index in [9.17, 15) is 0 Å². The molecular weight excluding hydrogens is 383 g/mol. The van der Waals surface area contributed by atoms with Gasteiger partial charge in [-0.05, 0) is 35.7 Å². The second-order valence-corrected chi connectivity index (χ2v) is 7.51. The molecule has 2 nitrogen and oxygen atoms in total. The van der Waals surface area contributed by atoms with Gasteiger partial charge in [0.15, 0.2) is 0 Å². The molecule has 0 fully saturated rings. The smallest absolute Gasteiger partial charge is 0.106 e. The van der Waals surface area contributed by atoms with Crippen LogP contribution in [0.2, 0.25) is 15.1 Å². The summed E-state index contributed by atoms with van der Waals surface area (Å²) in [5, 5.41) is 2.15. The number of aromatic nitrogens is 2. The standard InChI is InChI=1S/C18H15Cl3N2S/c19-14-5-1-12(2-6-14)11-24-18-15(20)7-3-13(17(18)21)4-8-16-22-9-10-23-16/h1-3,5-7,9-10H,4,8,11H2,(H,22,23). The van der Waals surface area contributed by atoms with Crippen LogP contribution < -0.4 is 0 Å². The summed E-state index contributed by atoms with van der Waals surface area (Å²) in [5.41, 5.74) is 2.26. The van der Waals surface area contributed by atoms with E-state index < -0.39 is 0 Å². The molecule has 2 aromatic carbocycles. The van der Waals surface area contributed by atoms with Crippen LogP contribution in [0.3, 0.4) is 0 Å². The van der Waals surface area contributed by atoms with Crippen LogP contribution in [0.4, 0.5) is 0 Å². The average Bonchev–Trinajstić information content (AvgIpc) is 3.09. The molecule has 24 heavy (non-hydrogen) atoms. The van der Waals surface area contributed by atoms with Crippen molar-refractivity contribution in [1.29, 1.82) is 0 Å². The summed E-state index contributed by atoms with van der Waals surface area (Å²) in [6.45, 7) is 0. The Morgan fingerprint density at radius 2 is 1.75 bits per heavy atom. The molecule has 0 aliphatic carbocycles. The molecule has 124 valence electrons. The van der Waals surface area contributed by atoms with E-state index in [4.69, 9.17) is 34.8 Å². The quantitative estimate of drug-likeness (QED) is 0.484. The van der Waals surface area contributed by atoms with Crippen LogP contribution in [0, 0.1) is 0 Å². The molecule has 0 atom stereocenters. The summed E-state index contributed by atoms with van der Waals surface area (Å²) in [7, 11) is 0. The van der Waals surface area contributed by atoms with Crippen LogP contribution in [0.15, 0.2) is 53.7 Å². The second kappa shape index (κ2) is 8.30. The first kappa shape index (κ1) is 17.7. The van der Waals surface area contributed by atoms with Crippen molar-refractivity contribution in [2.75, 3.05) is 0 Å². The lowest BCUT2D eigenvalue weighted by molar-refractivity contribution is 0.882. The minimum absolute atomic E-state index is 0.681. The van der Waals surface area contributed by atoms with Gasteiger partial charge in [-0.15, -0.1) is 11.8 Å². The summed E-state index contributed by atoms with van der Waals surface area (Å²) in [5.74, 6) is 1.74. The molecule has 0 aliphatic rings. The normalized spacial score (nSPS) is 11.0. The van der Waals surface area contributed by atoms with Crippen LogP contribution in [-0.4, -0.2) is 9.97 Å². The zero-order valence-electron chi connectivity index (χ0n) is 12.7. The van der Waals surface area contributed by atoms with Crippen LogP contribution in [0.1, 0.15) is 17.0 Å². The Bertz CT molecular complexity index is 802. The van der Waals surface area contributed by atoms with Crippen molar-refractivity contribution in [3.8, 4) is 0 Å². The predicted molar refractivity (Wildman–Crippen MR) is 103 cm³/mol. The van der Waals surface area contributed by atoms with Crippen LogP contribution in [0.25, 0.3) is 0 Å². The molecule has 0 bridgehead atoms. The summed E-state index contributed by atoms with van der Waals surface area (Å²) < 4.78 is 0. The van der Waals surface area contributed by atoms with Gasteiger partial charge in [0.25, 0.3) is 0 Å². The number of H-pyrrole nitrogens is 1. The number of hydrogen-bond donors (Lipinski definition) is 1. The first-order valence-corrected chi connectivity index (χ1v) is 9.58. The largest absolute Gasteiger partial charge is 0.349 e. The molecule has 0 aliphatic heterocycles. The van der Waals surface area contributed by atoms with Crippen LogP contribution in [0.5, 0.6) is 0 Å². The van der Waals surface area contributed by atoms with E-state index in [1.807, 2.05) is 42.6 Å². The van der Waals surface area contributed by atoms with Crippen LogP contribution >= 0.6 is 46.6 Å². The molecule has 3 aromatic rings. The fraction of sp³-hybridized carbons (Fsp3) is 0.167. The molecule has 0 saturated carbocycles. The molecule has 6 heteroatoms. The summed E-state index contributed by atoms with van der Waals surface area (Å²) >= 11 is 20.5. The highest BCUT2D eigenvalue weighted by atomic mass is 35.5. The Kier molecular flexibility index (Phi) is 6.12. The number of halogens is 3. The van der Waals surface area contributed by atoms with Gasteiger partial charge < -0.3 is 4.98 Å². The van der Waals surface area contributed by atoms with Gasteiger partial charge in [-0.3, -0.25) is 0 Å². The van der Waals surface area contributed by atoms with Gasteiger partial charge in [0.05, 0.1) is 10.0 Å². The van der Waals surface area contributed by atoms with E-state index in [1.165, 1.54) is 5.56 Å². The predicted octanol–water partition coefficient (Wildman–Crippen LogP) is 6.45. The fourth-order valence-corrected chi connectivity index (χ4v) is 4.21.